The Bertz CT molecular complexity index is 1520. The lowest BCUT2D eigenvalue weighted by molar-refractivity contribution is -0.143. The number of carbonyl (C=O) groups is 5. The molecule has 2 aromatic rings. The third kappa shape index (κ3) is 6.08. The average molecular weight is 618 g/mol. The van der Waals surface area contributed by atoms with E-state index in [-0.39, 0.29) is 41.5 Å². The van der Waals surface area contributed by atoms with Crippen LogP contribution in [0, 0.1) is 5.92 Å². The molecule has 5 heterocycles. The van der Waals surface area contributed by atoms with Gasteiger partial charge < -0.3 is 25.2 Å². The van der Waals surface area contributed by atoms with Crippen molar-refractivity contribution in [2.24, 2.45) is 5.92 Å². The van der Waals surface area contributed by atoms with Crippen LogP contribution < -0.4 is 10.6 Å². The van der Waals surface area contributed by atoms with Gasteiger partial charge in [0.1, 0.15) is 12.6 Å². The Morgan fingerprint density at radius 3 is 2.47 bits per heavy atom. The summed E-state index contributed by atoms with van der Waals surface area (Å²) in [4.78, 5) is 69.2. The monoisotopic (exact) mass is 617 g/mol. The summed E-state index contributed by atoms with van der Waals surface area (Å²) in [5.41, 5.74) is 2.59. The Hall–Kier alpha value is -4.52. The van der Waals surface area contributed by atoms with E-state index in [0.717, 1.165) is 23.3 Å². The second-order valence-electron chi connectivity index (χ2n) is 12.2. The predicted octanol–water partition coefficient (Wildman–Crippen LogP) is 1.93. The third-order valence-electron chi connectivity index (χ3n) is 9.33. The minimum absolute atomic E-state index is 0.0294. The molecule has 6 rings (SSSR count). The van der Waals surface area contributed by atoms with Crippen molar-refractivity contribution in [1.82, 2.24) is 29.8 Å². The maximum Gasteiger partial charge on any atom is 0.264 e. The lowest BCUT2D eigenvalue weighted by Gasteiger charge is -2.37. The van der Waals surface area contributed by atoms with Gasteiger partial charge in [0.05, 0.1) is 23.4 Å². The largest absolute Gasteiger partial charge is 0.380 e. The summed E-state index contributed by atoms with van der Waals surface area (Å²) in [6, 6.07) is 4.40. The number of imide groups is 1. The van der Waals surface area contributed by atoms with Crippen LogP contribution in [0.4, 0.5) is 5.69 Å². The van der Waals surface area contributed by atoms with Crippen molar-refractivity contribution >= 4 is 35.2 Å². The van der Waals surface area contributed by atoms with Crippen molar-refractivity contribution in [3.8, 4) is 0 Å². The first kappa shape index (κ1) is 30.5. The Morgan fingerprint density at radius 2 is 1.76 bits per heavy atom. The number of hydrogen-bond acceptors (Lipinski definition) is 8. The number of amides is 5. The number of allylic oxidation sites excluding steroid dienone is 1. The highest BCUT2D eigenvalue weighted by atomic mass is 16.5. The Morgan fingerprint density at radius 1 is 1.02 bits per heavy atom. The van der Waals surface area contributed by atoms with Crippen LogP contribution in [0.25, 0.3) is 0 Å². The summed E-state index contributed by atoms with van der Waals surface area (Å²) in [5.74, 6) is -1.24. The van der Waals surface area contributed by atoms with Crippen LogP contribution in [0.5, 0.6) is 0 Å². The molecule has 3 saturated heterocycles. The number of fused-ring (bicyclic) bond motifs is 1. The molecule has 3 fully saturated rings. The van der Waals surface area contributed by atoms with E-state index in [4.69, 9.17) is 4.74 Å². The molecule has 0 bridgehead atoms. The van der Waals surface area contributed by atoms with E-state index < -0.39 is 23.8 Å². The number of nitrogens with one attached hydrogen (secondary N) is 2. The molecule has 238 valence electrons. The molecule has 1 aromatic heterocycles. The minimum atomic E-state index is -0.861. The fourth-order valence-corrected chi connectivity index (χ4v) is 6.81. The van der Waals surface area contributed by atoms with Crippen molar-refractivity contribution in [3.05, 3.63) is 59.6 Å². The molecule has 0 aliphatic carbocycles. The number of likely N-dealkylation sites (tertiary alicyclic amines) is 2. The number of nitrogens with zero attached hydrogens (tertiary/aromatic N) is 5. The molecule has 1 aromatic carbocycles. The second kappa shape index (κ2) is 12.8. The van der Waals surface area contributed by atoms with Crippen LogP contribution in [0.3, 0.4) is 0 Å². The van der Waals surface area contributed by atoms with Crippen LogP contribution in [-0.2, 0) is 25.7 Å². The van der Waals surface area contributed by atoms with Gasteiger partial charge in [-0.1, -0.05) is 12.6 Å². The molecule has 13 heteroatoms. The minimum Gasteiger partial charge on any atom is -0.380 e. The molecule has 0 saturated carbocycles. The fourth-order valence-electron chi connectivity index (χ4n) is 6.81. The Kier molecular flexibility index (Phi) is 8.70. The zero-order chi connectivity index (χ0) is 31.7. The van der Waals surface area contributed by atoms with E-state index in [1.54, 1.807) is 29.3 Å². The maximum atomic E-state index is 13.4. The molecule has 13 nitrogen and oxygen atoms in total. The maximum absolute atomic E-state index is 13.4. The van der Waals surface area contributed by atoms with E-state index in [9.17, 15) is 24.0 Å². The molecule has 45 heavy (non-hydrogen) atoms. The van der Waals surface area contributed by atoms with Crippen molar-refractivity contribution in [2.75, 3.05) is 45.2 Å². The van der Waals surface area contributed by atoms with Crippen molar-refractivity contribution < 1.29 is 28.7 Å². The highest BCUT2D eigenvalue weighted by Gasteiger charge is 2.45. The van der Waals surface area contributed by atoms with Gasteiger partial charge in [0.15, 0.2) is 0 Å². The number of rotatable bonds is 8. The number of hydrogen-bond donors (Lipinski definition) is 2. The average Bonchev–Trinajstić information content (AvgIpc) is 3.63. The van der Waals surface area contributed by atoms with Crippen molar-refractivity contribution in [1.29, 1.82) is 0 Å². The zero-order valence-electron chi connectivity index (χ0n) is 25.5. The summed E-state index contributed by atoms with van der Waals surface area (Å²) in [5, 5.41) is 10.5. The van der Waals surface area contributed by atoms with Gasteiger partial charge in [-0.05, 0) is 50.7 Å². The molecule has 4 aliphatic heterocycles. The fraction of sp³-hybridized carbons (Fsp3) is 0.500. The van der Waals surface area contributed by atoms with Gasteiger partial charge in [-0.15, -0.1) is 0 Å². The summed E-state index contributed by atoms with van der Waals surface area (Å²) in [6.07, 6.45) is 7.57. The van der Waals surface area contributed by atoms with Crippen LogP contribution >= 0.6 is 0 Å². The molecule has 2 N–H and O–H groups in total. The predicted molar refractivity (Wildman–Crippen MR) is 163 cm³/mol. The van der Waals surface area contributed by atoms with Gasteiger partial charge in [-0.2, -0.15) is 5.10 Å². The Balaban J connectivity index is 1.02. The molecule has 0 spiro atoms. The smallest absolute Gasteiger partial charge is 0.264 e. The highest BCUT2D eigenvalue weighted by Crippen LogP contribution is 2.33. The number of anilines is 1. The zero-order valence-corrected chi connectivity index (χ0v) is 25.5. The van der Waals surface area contributed by atoms with Crippen LogP contribution in [0.1, 0.15) is 70.8 Å². The summed E-state index contributed by atoms with van der Waals surface area (Å²) in [6.45, 7) is 6.74. The number of carbonyl (C=O) groups excluding carboxylic acids is 5. The van der Waals surface area contributed by atoms with Gasteiger partial charge in [0.2, 0.25) is 17.7 Å². The lowest BCUT2D eigenvalue weighted by Crippen LogP contribution is -2.51. The highest BCUT2D eigenvalue weighted by molar-refractivity contribution is 6.25. The normalized spacial score (nSPS) is 21.3. The number of piperidine rings is 3. The van der Waals surface area contributed by atoms with E-state index in [1.807, 2.05) is 15.8 Å². The molecule has 0 radical (unpaired) electrons. The summed E-state index contributed by atoms with van der Waals surface area (Å²) in [7, 11) is 1.51. The number of methoxy groups -OCH3 is 1. The van der Waals surface area contributed by atoms with Gasteiger partial charge >= 0.3 is 0 Å². The molecule has 4 aliphatic rings. The van der Waals surface area contributed by atoms with Crippen LogP contribution in [0.2, 0.25) is 0 Å². The van der Waals surface area contributed by atoms with E-state index in [2.05, 4.69) is 22.3 Å². The lowest BCUT2D eigenvalue weighted by atomic mass is 9.93. The van der Waals surface area contributed by atoms with Gasteiger partial charge in [0, 0.05) is 68.9 Å². The van der Waals surface area contributed by atoms with Gasteiger partial charge in [0.25, 0.3) is 11.8 Å². The molecular weight excluding hydrogens is 578 g/mol. The van der Waals surface area contributed by atoms with Crippen molar-refractivity contribution in [2.45, 2.75) is 57.2 Å². The van der Waals surface area contributed by atoms with Gasteiger partial charge in [-0.3, -0.25) is 33.6 Å². The molecule has 1 unspecified atom stereocenters. The molecule has 1 atom stereocenters. The number of ether oxygens (including phenoxy) is 1. The first-order chi connectivity index (χ1) is 21.7. The molecule has 5 amide bonds. The first-order valence-corrected chi connectivity index (χ1v) is 15.6. The SMILES string of the molecule is C=C1CCC(N2C(=O)c3cccc(NCc4cnn(C5CCN(C(=O)C6CCN(C(=O)COC)CC6)CC5)c4)c3C2=O)C(=O)N1. The standard InChI is InChI=1S/C32H39N7O6/c1-20-6-7-26(29(41)35-20)39-31(43)24-4-3-5-25(28(24)32(39)44)33-16-21-17-34-38(18-21)23-10-14-37(15-11-23)30(42)22-8-12-36(13-9-22)27(40)19-45-2/h3-5,17-18,22-23,26,33H,1,6-16,19H2,2H3,(H,35,41). The number of aromatic nitrogens is 2. The molecular formula is C32H39N7O6. The summed E-state index contributed by atoms with van der Waals surface area (Å²) < 4.78 is 6.89. The first-order valence-electron chi connectivity index (χ1n) is 15.6. The second-order valence-corrected chi connectivity index (χ2v) is 12.2. The number of benzene rings is 1. The van der Waals surface area contributed by atoms with Crippen LogP contribution in [0.15, 0.2) is 42.9 Å². The summed E-state index contributed by atoms with van der Waals surface area (Å²) >= 11 is 0. The Labute approximate surface area is 261 Å². The topological polar surface area (TPSA) is 146 Å². The van der Waals surface area contributed by atoms with E-state index in [1.165, 1.54) is 7.11 Å². The van der Waals surface area contributed by atoms with E-state index in [0.29, 0.717) is 69.8 Å². The van der Waals surface area contributed by atoms with E-state index >= 15 is 0 Å². The van der Waals surface area contributed by atoms with Gasteiger partial charge in [-0.25, -0.2) is 0 Å². The quantitative estimate of drug-likeness (QED) is 0.428. The third-order valence-corrected chi connectivity index (χ3v) is 9.33. The van der Waals surface area contributed by atoms with Crippen molar-refractivity contribution in [3.63, 3.8) is 0 Å². The van der Waals surface area contributed by atoms with Crippen LogP contribution in [-0.4, -0.2) is 100.0 Å².